The Bertz CT molecular complexity index is 978. The van der Waals surface area contributed by atoms with E-state index in [1.54, 1.807) is 26.8 Å². The lowest BCUT2D eigenvalue weighted by molar-refractivity contribution is -0.159. The molecule has 0 saturated heterocycles. The highest BCUT2D eigenvalue weighted by Gasteiger charge is 2.23. The molecule has 0 radical (unpaired) electrons. The van der Waals surface area contributed by atoms with Gasteiger partial charge in [0.2, 0.25) is 0 Å². The van der Waals surface area contributed by atoms with Gasteiger partial charge in [0.25, 0.3) is 0 Å². The molecule has 226 valence electrons. The van der Waals surface area contributed by atoms with Gasteiger partial charge in [-0.1, -0.05) is 47.1 Å². The van der Waals surface area contributed by atoms with Crippen LogP contribution in [0.15, 0.2) is 18.2 Å². The molecule has 1 aromatic carbocycles. The van der Waals surface area contributed by atoms with Crippen LogP contribution >= 0.6 is 0 Å². The molecule has 0 aliphatic heterocycles. The molecular weight excluding hydrogens is 522 g/mol. The summed E-state index contributed by atoms with van der Waals surface area (Å²) in [6, 6.07) is 3.32. The number of ether oxygens (including phenoxy) is 6. The summed E-state index contributed by atoms with van der Waals surface area (Å²) in [5, 5.41) is 0. The van der Waals surface area contributed by atoms with Crippen molar-refractivity contribution in [3.8, 4) is 11.5 Å². The molecule has 0 bridgehead atoms. The van der Waals surface area contributed by atoms with Crippen LogP contribution in [-0.2, 0) is 35.0 Å². The van der Waals surface area contributed by atoms with E-state index in [0.717, 1.165) is 12.8 Å². The van der Waals surface area contributed by atoms with Crippen molar-refractivity contribution in [1.82, 2.24) is 0 Å². The molecule has 0 amide bonds. The van der Waals surface area contributed by atoms with Crippen molar-refractivity contribution >= 4 is 24.2 Å². The summed E-state index contributed by atoms with van der Waals surface area (Å²) in [5.74, 6) is -1.12. The normalized spacial score (nSPS) is 14.1. The number of nitrogens with two attached hydrogens (primary N) is 1. The Balaban J connectivity index is 2.94. The molecular formula is C29H45NO10. The standard InChI is InChI=1S/C29H45NO10/c1-9-10-11-26(31)35-16-19(6)36-27(32)23(30)14-22-12-13-24(39-28(33)37-20(7)17(2)3)25(15-22)40-29(34)38-21(8)18(4)5/h12-13,15,17-21,23H,9-11,14,16,30H2,1-8H3/t19-,20?,21?,23-/m0/s1. The zero-order valence-corrected chi connectivity index (χ0v) is 24.9. The maximum atomic E-state index is 12.5. The highest BCUT2D eigenvalue weighted by molar-refractivity contribution is 5.76. The van der Waals surface area contributed by atoms with Crippen LogP contribution in [-0.4, -0.2) is 55.2 Å². The first kappa shape index (κ1) is 34.7. The van der Waals surface area contributed by atoms with Crippen molar-refractivity contribution in [2.45, 2.75) is 105 Å². The monoisotopic (exact) mass is 567 g/mol. The Hall–Kier alpha value is -3.34. The van der Waals surface area contributed by atoms with Gasteiger partial charge >= 0.3 is 24.2 Å². The molecule has 1 rings (SSSR count). The van der Waals surface area contributed by atoms with E-state index in [4.69, 9.17) is 34.2 Å². The summed E-state index contributed by atoms with van der Waals surface area (Å²) in [7, 11) is 0. The number of esters is 2. The Morgan fingerprint density at radius 2 is 1.35 bits per heavy atom. The fraction of sp³-hybridized carbons (Fsp3) is 0.655. The second-order valence-corrected chi connectivity index (χ2v) is 10.5. The Morgan fingerprint density at radius 1 is 0.800 bits per heavy atom. The Morgan fingerprint density at radius 3 is 1.88 bits per heavy atom. The summed E-state index contributed by atoms with van der Waals surface area (Å²) >= 11 is 0. The molecule has 0 aliphatic rings. The molecule has 11 heteroatoms. The third-order valence-electron chi connectivity index (χ3n) is 6.13. The second kappa shape index (κ2) is 17.4. The lowest BCUT2D eigenvalue weighted by atomic mass is 10.1. The lowest BCUT2D eigenvalue weighted by Gasteiger charge is -2.19. The van der Waals surface area contributed by atoms with E-state index in [9.17, 15) is 19.2 Å². The fourth-order valence-electron chi connectivity index (χ4n) is 2.91. The molecule has 0 spiro atoms. The predicted molar refractivity (Wildman–Crippen MR) is 147 cm³/mol. The van der Waals surface area contributed by atoms with Gasteiger partial charge in [-0.2, -0.15) is 0 Å². The molecule has 2 unspecified atom stereocenters. The van der Waals surface area contributed by atoms with Crippen LogP contribution in [0.25, 0.3) is 0 Å². The fourth-order valence-corrected chi connectivity index (χ4v) is 2.91. The minimum atomic E-state index is -1.07. The van der Waals surface area contributed by atoms with Gasteiger partial charge in [0.05, 0.1) is 0 Å². The number of benzene rings is 1. The van der Waals surface area contributed by atoms with Gasteiger partial charge in [0, 0.05) is 6.42 Å². The number of rotatable bonds is 15. The first-order valence-electron chi connectivity index (χ1n) is 13.7. The molecule has 1 aromatic rings. The zero-order valence-electron chi connectivity index (χ0n) is 24.9. The van der Waals surface area contributed by atoms with Crippen molar-refractivity contribution in [3.63, 3.8) is 0 Å². The minimum Gasteiger partial charge on any atom is -0.462 e. The average Bonchev–Trinajstić information content (AvgIpc) is 2.87. The number of carbonyl (C=O) groups excluding carboxylic acids is 4. The summed E-state index contributed by atoms with van der Waals surface area (Å²) in [6.07, 6.45) is -1.55. The maximum Gasteiger partial charge on any atom is 0.514 e. The third-order valence-corrected chi connectivity index (χ3v) is 6.13. The van der Waals surface area contributed by atoms with Crippen molar-refractivity contribution < 1.29 is 47.6 Å². The van der Waals surface area contributed by atoms with E-state index < -0.39 is 42.6 Å². The van der Waals surface area contributed by atoms with Gasteiger partial charge in [-0.3, -0.25) is 9.59 Å². The topological polar surface area (TPSA) is 150 Å². The summed E-state index contributed by atoms with van der Waals surface area (Å²) in [6.45, 7) is 14.5. The van der Waals surface area contributed by atoms with E-state index in [0.29, 0.717) is 12.0 Å². The maximum absolute atomic E-state index is 12.5. The molecule has 0 aliphatic carbocycles. The summed E-state index contributed by atoms with van der Waals surface area (Å²) in [4.78, 5) is 48.9. The van der Waals surface area contributed by atoms with Crippen molar-refractivity contribution in [3.05, 3.63) is 23.8 Å². The third kappa shape index (κ3) is 13.1. The van der Waals surface area contributed by atoms with E-state index in [-0.39, 0.29) is 42.3 Å². The first-order chi connectivity index (χ1) is 18.7. The molecule has 0 saturated carbocycles. The van der Waals surface area contributed by atoms with Crippen LogP contribution in [0.4, 0.5) is 9.59 Å². The quantitative estimate of drug-likeness (QED) is 0.166. The number of hydrogen-bond donors (Lipinski definition) is 1. The van der Waals surface area contributed by atoms with Crippen molar-refractivity contribution in [2.75, 3.05) is 6.61 Å². The van der Waals surface area contributed by atoms with Gasteiger partial charge in [-0.15, -0.1) is 0 Å². The van der Waals surface area contributed by atoms with Crippen molar-refractivity contribution in [2.24, 2.45) is 17.6 Å². The van der Waals surface area contributed by atoms with Crippen LogP contribution in [0.1, 0.15) is 80.2 Å². The summed E-state index contributed by atoms with van der Waals surface area (Å²) < 4.78 is 31.6. The van der Waals surface area contributed by atoms with Crippen LogP contribution in [0.2, 0.25) is 0 Å². The highest BCUT2D eigenvalue weighted by Crippen LogP contribution is 2.30. The highest BCUT2D eigenvalue weighted by atomic mass is 16.8. The van der Waals surface area contributed by atoms with E-state index in [2.05, 4.69) is 0 Å². The number of carbonyl (C=O) groups is 4. The molecule has 2 N–H and O–H groups in total. The second-order valence-electron chi connectivity index (χ2n) is 10.5. The smallest absolute Gasteiger partial charge is 0.462 e. The molecule has 11 nitrogen and oxygen atoms in total. The van der Waals surface area contributed by atoms with Gasteiger partial charge in [-0.25, -0.2) is 9.59 Å². The van der Waals surface area contributed by atoms with Crippen molar-refractivity contribution in [1.29, 1.82) is 0 Å². The number of hydrogen-bond acceptors (Lipinski definition) is 11. The molecule has 40 heavy (non-hydrogen) atoms. The molecule has 0 heterocycles. The average molecular weight is 568 g/mol. The van der Waals surface area contributed by atoms with E-state index >= 15 is 0 Å². The Kier molecular flexibility index (Phi) is 15.1. The van der Waals surface area contributed by atoms with Gasteiger partial charge in [0.1, 0.15) is 31.0 Å². The lowest BCUT2D eigenvalue weighted by Crippen LogP contribution is -2.37. The molecule has 4 atom stereocenters. The van der Waals surface area contributed by atoms with Gasteiger partial charge in [0.15, 0.2) is 11.5 Å². The Labute approximate surface area is 236 Å². The summed E-state index contributed by atoms with van der Waals surface area (Å²) in [5.41, 5.74) is 6.55. The van der Waals surface area contributed by atoms with Gasteiger partial charge in [-0.05, 0) is 63.1 Å². The van der Waals surface area contributed by atoms with Crippen LogP contribution in [0, 0.1) is 11.8 Å². The van der Waals surface area contributed by atoms with E-state index in [1.165, 1.54) is 12.1 Å². The van der Waals surface area contributed by atoms with Crippen LogP contribution in [0.3, 0.4) is 0 Å². The van der Waals surface area contributed by atoms with Crippen LogP contribution in [0.5, 0.6) is 11.5 Å². The predicted octanol–water partition coefficient (Wildman–Crippen LogP) is 5.34. The largest absolute Gasteiger partial charge is 0.514 e. The van der Waals surface area contributed by atoms with Crippen LogP contribution < -0.4 is 15.2 Å². The minimum absolute atomic E-state index is 0.0186. The molecule has 0 fully saturated rings. The molecule has 0 aromatic heterocycles. The van der Waals surface area contributed by atoms with E-state index in [1.807, 2.05) is 34.6 Å². The first-order valence-corrected chi connectivity index (χ1v) is 13.7. The SMILES string of the molecule is CCCCC(=O)OC[C@H](C)OC(=O)[C@@H](N)Cc1ccc(OC(=O)OC(C)C(C)C)c(OC(=O)OC(C)C(C)C)c1. The van der Waals surface area contributed by atoms with Gasteiger partial charge < -0.3 is 34.2 Å². The number of unbranched alkanes of at least 4 members (excludes halogenated alkanes) is 1. The zero-order chi connectivity index (χ0) is 30.4.